The number of carbonyl (C=O) groups is 1. The van der Waals surface area contributed by atoms with Crippen molar-refractivity contribution in [3.05, 3.63) is 0 Å². The number of carbonyl (C=O) groups excluding carboxylic acids is 1. The van der Waals surface area contributed by atoms with Crippen molar-refractivity contribution in [2.45, 2.75) is 45.1 Å². The molecule has 76 valence electrons. The minimum atomic E-state index is -0.287. The SMILES string of the molecule is CC(=O)OC(CO)C1CCCCC1. The fourth-order valence-corrected chi connectivity index (χ4v) is 2.00. The Morgan fingerprint density at radius 1 is 1.46 bits per heavy atom. The molecule has 0 aromatic heterocycles. The van der Waals surface area contributed by atoms with E-state index in [1.807, 2.05) is 0 Å². The first kappa shape index (κ1) is 10.5. The van der Waals surface area contributed by atoms with E-state index in [0.717, 1.165) is 12.8 Å². The summed E-state index contributed by atoms with van der Waals surface area (Å²) >= 11 is 0. The van der Waals surface area contributed by atoms with E-state index in [0.29, 0.717) is 5.92 Å². The van der Waals surface area contributed by atoms with Crippen LogP contribution in [0.2, 0.25) is 0 Å². The number of hydrogen-bond acceptors (Lipinski definition) is 3. The molecule has 0 aromatic carbocycles. The van der Waals surface area contributed by atoms with Gasteiger partial charge in [0.2, 0.25) is 0 Å². The molecule has 1 atom stereocenters. The van der Waals surface area contributed by atoms with E-state index in [-0.39, 0.29) is 18.7 Å². The fourth-order valence-electron chi connectivity index (χ4n) is 2.00. The van der Waals surface area contributed by atoms with Crippen LogP contribution in [0, 0.1) is 5.92 Å². The minimum Gasteiger partial charge on any atom is -0.460 e. The molecule has 0 radical (unpaired) electrons. The smallest absolute Gasteiger partial charge is 0.302 e. The molecule has 0 saturated heterocycles. The van der Waals surface area contributed by atoms with Gasteiger partial charge in [-0.3, -0.25) is 4.79 Å². The summed E-state index contributed by atoms with van der Waals surface area (Å²) < 4.78 is 5.05. The monoisotopic (exact) mass is 186 g/mol. The Morgan fingerprint density at radius 3 is 2.54 bits per heavy atom. The zero-order valence-electron chi connectivity index (χ0n) is 8.16. The Bertz CT molecular complexity index is 162. The Kier molecular flexibility index (Phi) is 4.22. The molecule has 1 fully saturated rings. The van der Waals surface area contributed by atoms with E-state index >= 15 is 0 Å². The molecule has 0 aliphatic heterocycles. The molecule has 1 aliphatic rings. The zero-order valence-corrected chi connectivity index (χ0v) is 8.16. The second-order valence-corrected chi connectivity index (χ2v) is 3.73. The van der Waals surface area contributed by atoms with E-state index in [4.69, 9.17) is 9.84 Å². The number of ether oxygens (including phenoxy) is 1. The lowest BCUT2D eigenvalue weighted by molar-refractivity contribution is -0.152. The Morgan fingerprint density at radius 2 is 2.08 bits per heavy atom. The van der Waals surface area contributed by atoms with Crippen molar-refractivity contribution >= 4 is 5.97 Å². The molecule has 0 amide bonds. The van der Waals surface area contributed by atoms with Crippen molar-refractivity contribution in [3.63, 3.8) is 0 Å². The van der Waals surface area contributed by atoms with Crippen LogP contribution < -0.4 is 0 Å². The van der Waals surface area contributed by atoms with Crippen molar-refractivity contribution < 1.29 is 14.6 Å². The van der Waals surface area contributed by atoms with Crippen molar-refractivity contribution in [1.82, 2.24) is 0 Å². The molecule has 0 spiro atoms. The molecule has 1 N–H and O–H groups in total. The van der Waals surface area contributed by atoms with Gasteiger partial charge in [-0.2, -0.15) is 0 Å². The molecule has 0 bridgehead atoms. The van der Waals surface area contributed by atoms with Gasteiger partial charge in [-0.15, -0.1) is 0 Å². The highest BCUT2D eigenvalue weighted by molar-refractivity contribution is 5.66. The van der Waals surface area contributed by atoms with Gasteiger partial charge in [0.1, 0.15) is 6.10 Å². The molecular formula is C10H18O3. The standard InChI is InChI=1S/C10H18O3/c1-8(12)13-10(7-11)9-5-3-2-4-6-9/h9-11H,2-7H2,1H3. The van der Waals surface area contributed by atoms with Crippen LogP contribution >= 0.6 is 0 Å². The lowest BCUT2D eigenvalue weighted by Crippen LogP contribution is -2.31. The van der Waals surface area contributed by atoms with Crippen LogP contribution in [0.3, 0.4) is 0 Å². The summed E-state index contributed by atoms with van der Waals surface area (Å²) in [7, 11) is 0. The fraction of sp³-hybridized carbons (Fsp3) is 0.900. The third-order valence-electron chi connectivity index (χ3n) is 2.67. The van der Waals surface area contributed by atoms with Crippen molar-refractivity contribution in [2.24, 2.45) is 5.92 Å². The summed E-state index contributed by atoms with van der Waals surface area (Å²) in [6.07, 6.45) is 5.56. The Balaban J connectivity index is 2.39. The Labute approximate surface area is 79.1 Å². The van der Waals surface area contributed by atoms with Gasteiger partial charge >= 0.3 is 5.97 Å². The molecule has 0 aromatic rings. The maximum absolute atomic E-state index is 10.7. The highest BCUT2D eigenvalue weighted by Crippen LogP contribution is 2.27. The molecule has 0 heterocycles. The topological polar surface area (TPSA) is 46.5 Å². The van der Waals surface area contributed by atoms with Gasteiger partial charge in [-0.1, -0.05) is 19.3 Å². The summed E-state index contributed by atoms with van der Waals surface area (Å²) in [5.74, 6) is 0.0901. The van der Waals surface area contributed by atoms with Gasteiger partial charge < -0.3 is 9.84 Å². The second-order valence-electron chi connectivity index (χ2n) is 3.73. The lowest BCUT2D eigenvalue weighted by atomic mass is 9.85. The maximum atomic E-state index is 10.7. The number of rotatable bonds is 3. The average Bonchev–Trinajstić information content (AvgIpc) is 2.15. The maximum Gasteiger partial charge on any atom is 0.302 e. The van der Waals surface area contributed by atoms with Gasteiger partial charge in [0.05, 0.1) is 6.61 Å². The van der Waals surface area contributed by atoms with Crippen molar-refractivity contribution in [1.29, 1.82) is 0 Å². The molecule has 13 heavy (non-hydrogen) atoms. The van der Waals surface area contributed by atoms with Crippen LogP contribution in [0.1, 0.15) is 39.0 Å². The van der Waals surface area contributed by atoms with Crippen LogP contribution in [-0.2, 0) is 9.53 Å². The predicted molar refractivity (Wildman–Crippen MR) is 49.2 cm³/mol. The molecule has 3 nitrogen and oxygen atoms in total. The number of aliphatic hydroxyl groups excluding tert-OH is 1. The number of aliphatic hydroxyl groups is 1. The second kappa shape index (κ2) is 5.22. The normalized spacial score (nSPS) is 21.1. The molecular weight excluding hydrogens is 168 g/mol. The van der Waals surface area contributed by atoms with Crippen LogP contribution in [0.25, 0.3) is 0 Å². The van der Waals surface area contributed by atoms with E-state index in [9.17, 15) is 4.79 Å². The molecule has 1 rings (SSSR count). The summed E-state index contributed by atoms with van der Waals surface area (Å²) in [5, 5.41) is 9.05. The van der Waals surface area contributed by atoms with Gasteiger partial charge in [0, 0.05) is 6.92 Å². The largest absolute Gasteiger partial charge is 0.460 e. The van der Waals surface area contributed by atoms with Gasteiger partial charge in [-0.05, 0) is 18.8 Å². The highest BCUT2D eigenvalue weighted by Gasteiger charge is 2.25. The van der Waals surface area contributed by atoms with Gasteiger partial charge in [0.25, 0.3) is 0 Å². The minimum absolute atomic E-state index is 0.0375. The number of esters is 1. The quantitative estimate of drug-likeness (QED) is 0.679. The van der Waals surface area contributed by atoms with E-state index in [1.165, 1.54) is 26.2 Å². The van der Waals surface area contributed by atoms with Crippen LogP contribution in [0.4, 0.5) is 0 Å². The van der Waals surface area contributed by atoms with Crippen molar-refractivity contribution in [2.75, 3.05) is 6.61 Å². The van der Waals surface area contributed by atoms with Crippen molar-refractivity contribution in [3.8, 4) is 0 Å². The van der Waals surface area contributed by atoms with E-state index in [2.05, 4.69) is 0 Å². The van der Waals surface area contributed by atoms with Crippen LogP contribution in [-0.4, -0.2) is 23.8 Å². The van der Waals surface area contributed by atoms with Crippen LogP contribution in [0.15, 0.2) is 0 Å². The zero-order chi connectivity index (χ0) is 9.68. The van der Waals surface area contributed by atoms with E-state index < -0.39 is 0 Å². The Hall–Kier alpha value is -0.570. The summed E-state index contributed by atoms with van der Waals surface area (Å²) in [4.78, 5) is 10.7. The average molecular weight is 186 g/mol. The first-order valence-corrected chi connectivity index (χ1v) is 5.02. The third kappa shape index (κ3) is 3.35. The first-order valence-electron chi connectivity index (χ1n) is 5.02. The summed E-state index contributed by atoms with van der Waals surface area (Å²) in [5.41, 5.74) is 0. The third-order valence-corrected chi connectivity index (χ3v) is 2.67. The number of hydrogen-bond donors (Lipinski definition) is 1. The van der Waals surface area contributed by atoms with Crippen LogP contribution in [0.5, 0.6) is 0 Å². The van der Waals surface area contributed by atoms with Gasteiger partial charge in [0.15, 0.2) is 0 Å². The summed E-state index contributed by atoms with van der Waals surface area (Å²) in [6, 6.07) is 0. The summed E-state index contributed by atoms with van der Waals surface area (Å²) in [6.45, 7) is 1.36. The lowest BCUT2D eigenvalue weighted by Gasteiger charge is -2.28. The van der Waals surface area contributed by atoms with Gasteiger partial charge in [-0.25, -0.2) is 0 Å². The molecule has 1 saturated carbocycles. The first-order chi connectivity index (χ1) is 6.24. The molecule has 3 heteroatoms. The predicted octanol–water partition coefficient (Wildman–Crippen LogP) is 1.49. The molecule has 1 aliphatic carbocycles. The van der Waals surface area contributed by atoms with E-state index in [1.54, 1.807) is 0 Å². The highest BCUT2D eigenvalue weighted by atomic mass is 16.5. The molecule has 1 unspecified atom stereocenters.